The highest BCUT2D eigenvalue weighted by molar-refractivity contribution is 14.1. The Morgan fingerprint density at radius 2 is 1.69 bits per heavy atom. The van der Waals surface area contributed by atoms with Crippen molar-refractivity contribution in [2.24, 2.45) is 5.41 Å². The summed E-state index contributed by atoms with van der Waals surface area (Å²) in [6, 6.07) is 7.60. The summed E-state index contributed by atoms with van der Waals surface area (Å²) in [5.41, 5.74) is 2.72. The van der Waals surface area contributed by atoms with E-state index >= 15 is 0 Å². The molecule has 1 aliphatic carbocycles. The molecule has 184 valence electrons. The molecule has 2 aromatic heterocycles. The van der Waals surface area contributed by atoms with Crippen LogP contribution in [0.15, 0.2) is 36.7 Å². The number of nitrogens with one attached hydrogen (secondary N) is 1. The summed E-state index contributed by atoms with van der Waals surface area (Å²) in [5, 5.41) is 2.96. The maximum atomic E-state index is 13.7. The molecule has 0 atom stereocenters. The zero-order valence-electron chi connectivity index (χ0n) is 19.3. The molecule has 3 aliphatic rings. The van der Waals surface area contributed by atoms with Gasteiger partial charge in [0.05, 0.1) is 11.3 Å². The zero-order valence-corrected chi connectivity index (χ0v) is 21.5. The Morgan fingerprint density at radius 3 is 2.40 bits per heavy atom. The first-order valence-electron chi connectivity index (χ1n) is 12.1. The van der Waals surface area contributed by atoms with Crippen LogP contribution in [0.5, 0.6) is 0 Å². The van der Waals surface area contributed by atoms with Gasteiger partial charge in [0, 0.05) is 61.1 Å². The van der Waals surface area contributed by atoms with E-state index in [2.05, 4.69) is 48.8 Å². The second-order valence-electron chi connectivity index (χ2n) is 10.0. The number of hydrogen-bond acceptors (Lipinski definition) is 5. The van der Waals surface area contributed by atoms with Crippen molar-refractivity contribution in [2.75, 3.05) is 41.3 Å². The normalized spacial score (nSPS) is 20.9. The summed E-state index contributed by atoms with van der Waals surface area (Å²) < 4.78 is 30.3. The molecule has 1 spiro atoms. The quantitative estimate of drug-likeness (QED) is 0.422. The predicted molar refractivity (Wildman–Crippen MR) is 140 cm³/mol. The predicted octanol–water partition coefficient (Wildman–Crippen LogP) is 5.20. The van der Waals surface area contributed by atoms with Crippen LogP contribution >= 0.6 is 22.6 Å². The fourth-order valence-electron chi connectivity index (χ4n) is 5.27. The Labute approximate surface area is 216 Å². The number of aromatic nitrogens is 3. The van der Waals surface area contributed by atoms with E-state index in [1.807, 2.05) is 17.0 Å². The highest BCUT2D eigenvalue weighted by atomic mass is 127. The van der Waals surface area contributed by atoms with Crippen molar-refractivity contribution < 1.29 is 13.6 Å². The molecule has 1 amide bonds. The van der Waals surface area contributed by atoms with Gasteiger partial charge in [-0.25, -0.2) is 13.8 Å². The molecular formula is C25H27F2IN6O. The first kappa shape index (κ1) is 22.9. The topological polar surface area (TPSA) is 65.8 Å². The molecular weight excluding hydrogens is 565 g/mol. The van der Waals surface area contributed by atoms with Gasteiger partial charge < -0.3 is 15.1 Å². The number of fused-ring (bicyclic) bond motifs is 1. The molecule has 0 bridgehead atoms. The number of benzene rings is 1. The van der Waals surface area contributed by atoms with Gasteiger partial charge in [0.25, 0.3) is 11.8 Å². The van der Waals surface area contributed by atoms with Crippen molar-refractivity contribution in [3.63, 3.8) is 0 Å². The van der Waals surface area contributed by atoms with E-state index in [0.717, 1.165) is 22.3 Å². The first-order chi connectivity index (χ1) is 16.8. The van der Waals surface area contributed by atoms with E-state index in [0.29, 0.717) is 28.4 Å². The summed E-state index contributed by atoms with van der Waals surface area (Å²) in [7, 11) is 0. The molecule has 3 fully saturated rings. The fraction of sp³-hybridized carbons (Fsp3) is 0.480. The number of alkyl halides is 2. The lowest BCUT2D eigenvalue weighted by atomic mass is 9.93. The summed E-state index contributed by atoms with van der Waals surface area (Å²) in [4.78, 5) is 26.6. The monoisotopic (exact) mass is 592 g/mol. The molecule has 10 heteroatoms. The molecule has 3 aromatic rings. The van der Waals surface area contributed by atoms with Crippen LogP contribution in [-0.2, 0) is 0 Å². The summed E-state index contributed by atoms with van der Waals surface area (Å²) in [6.07, 6.45) is 7.99. The summed E-state index contributed by atoms with van der Waals surface area (Å²) >= 11 is 2.28. The van der Waals surface area contributed by atoms with E-state index in [-0.39, 0.29) is 31.8 Å². The van der Waals surface area contributed by atoms with Gasteiger partial charge in [-0.05, 0) is 71.9 Å². The first-order valence-corrected chi connectivity index (χ1v) is 13.2. The van der Waals surface area contributed by atoms with Gasteiger partial charge in [-0.2, -0.15) is 4.98 Å². The number of hydrogen-bond donors (Lipinski definition) is 1. The van der Waals surface area contributed by atoms with Crippen LogP contribution in [0, 0.1) is 8.99 Å². The third-order valence-corrected chi connectivity index (χ3v) is 8.39. The highest BCUT2D eigenvalue weighted by Crippen LogP contribution is 2.54. The number of rotatable bonds is 4. The summed E-state index contributed by atoms with van der Waals surface area (Å²) in [6.45, 7) is 2.32. The number of imidazole rings is 1. The number of nitrogens with zero attached hydrogens (tertiary/aromatic N) is 5. The van der Waals surface area contributed by atoms with Gasteiger partial charge >= 0.3 is 0 Å². The van der Waals surface area contributed by atoms with Crippen molar-refractivity contribution in [1.29, 1.82) is 0 Å². The Morgan fingerprint density at radius 1 is 0.971 bits per heavy atom. The smallest absolute Gasteiger partial charge is 0.258 e. The average molecular weight is 592 g/mol. The lowest BCUT2D eigenvalue weighted by molar-refractivity contribution is -0.0222. The average Bonchev–Trinajstić information content (AvgIpc) is 3.41. The minimum absolute atomic E-state index is 0.197. The third kappa shape index (κ3) is 4.56. The van der Waals surface area contributed by atoms with Crippen LogP contribution in [0.4, 0.5) is 26.2 Å². The van der Waals surface area contributed by atoms with Crippen LogP contribution in [0.3, 0.4) is 0 Å². The maximum Gasteiger partial charge on any atom is 0.258 e. The molecule has 7 nitrogen and oxygen atoms in total. The van der Waals surface area contributed by atoms with Crippen LogP contribution in [0.2, 0.25) is 0 Å². The third-order valence-electron chi connectivity index (χ3n) is 7.72. The minimum Gasteiger partial charge on any atom is -0.371 e. The van der Waals surface area contributed by atoms with Crippen molar-refractivity contribution in [3.8, 4) is 0 Å². The molecule has 0 unspecified atom stereocenters. The number of piperidine rings is 2. The molecule has 6 rings (SSSR count). The van der Waals surface area contributed by atoms with Gasteiger partial charge in [-0.1, -0.05) is 0 Å². The van der Waals surface area contributed by atoms with Crippen molar-refractivity contribution in [1.82, 2.24) is 14.4 Å². The van der Waals surface area contributed by atoms with Crippen molar-refractivity contribution in [2.45, 2.75) is 44.4 Å². The maximum absolute atomic E-state index is 13.7. The summed E-state index contributed by atoms with van der Waals surface area (Å²) in [5.74, 6) is -2.01. The van der Waals surface area contributed by atoms with Crippen LogP contribution in [0.1, 0.15) is 48.9 Å². The van der Waals surface area contributed by atoms with E-state index in [9.17, 15) is 13.6 Å². The Balaban J connectivity index is 1.27. The zero-order chi connectivity index (χ0) is 24.2. The SMILES string of the molecule is O=C(Nc1cc2nccn2c(N2CCC(F)(F)CC2)n1)c1ccc(I)cc1N1CCC2(CC1)CC2. The molecule has 2 aliphatic heterocycles. The van der Waals surface area contributed by atoms with Gasteiger partial charge in [-0.3, -0.25) is 9.20 Å². The number of carbonyl (C=O) groups is 1. The number of amides is 1. The molecule has 1 aromatic carbocycles. The molecule has 1 saturated carbocycles. The fourth-order valence-corrected chi connectivity index (χ4v) is 5.74. The van der Waals surface area contributed by atoms with Gasteiger partial charge in [0.15, 0.2) is 0 Å². The van der Waals surface area contributed by atoms with Gasteiger partial charge in [-0.15, -0.1) is 0 Å². The minimum atomic E-state index is -2.65. The Bertz CT molecular complexity index is 1270. The van der Waals surface area contributed by atoms with E-state index in [4.69, 9.17) is 0 Å². The molecule has 4 heterocycles. The Kier molecular flexibility index (Phi) is 5.61. The van der Waals surface area contributed by atoms with Crippen molar-refractivity contribution >= 4 is 51.6 Å². The van der Waals surface area contributed by atoms with Crippen molar-refractivity contribution in [3.05, 3.63) is 45.8 Å². The van der Waals surface area contributed by atoms with Gasteiger partial charge in [0.2, 0.25) is 5.95 Å². The number of carbonyl (C=O) groups excluding carboxylic acids is 1. The van der Waals surface area contributed by atoms with Gasteiger partial charge in [0.1, 0.15) is 11.5 Å². The number of anilines is 3. The second kappa shape index (κ2) is 8.56. The number of halogens is 3. The second-order valence-corrected chi connectivity index (χ2v) is 11.3. The highest BCUT2D eigenvalue weighted by Gasteiger charge is 2.44. The van der Waals surface area contributed by atoms with Crippen LogP contribution in [-0.4, -0.2) is 52.4 Å². The van der Waals surface area contributed by atoms with E-state index in [1.165, 1.54) is 25.7 Å². The Hall–Kier alpha value is -2.50. The van der Waals surface area contributed by atoms with E-state index in [1.54, 1.807) is 22.9 Å². The molecule has 1 N–H and O–H groups in total. The standard InChI is InChI=1S/C25H27F2IN6O/c26-25(27)7-12-33(13-8-25)23-31-20(16-21-29-9-14-34(21)23)30-22(35)18-2-1-17(28)15-19(18)32-10-5-24(3-4-24)6-11-32/h1-2,9,14-16H,3-8,10-13H2,(H,30,35). The molecule has 0 radical (unpaired) electrons. The van der Waals surface area contributed by atoms with Crippen LogP contribution in [0.25, 0.3) is 5.65 Å². The lowest BCUT2D eigenvalue weighted by Crippen LogP contribution is -2.40. The van der Waals surface area contributed by atoms with E-state index < -0.39 is 5.92 Å². The molecule has 35 heavy (non-hydrogen) atoms. The molecule has 2 saturated heterocycles. The van der Waals surface area contributed by atoms with Crippen LogP contribution < -0.4 is 15.1 Å². The lowest BCUT2D eigenvalue weighted by Gasteiger charge is -2.35. The largest absolute Gasteiger partial charge is 0.371 e.